The van der Waals surface area contributed by atoms with Gasteiger partial charge in [0.05, 0.1) is 21.3 Å². The van der Waals surface area contributed by atoms with E-state index < -0.39 is 0 Å². The predicted octanol–water partition coefficient (Wildman–Crippen LogP) is 3.95. The predicted molar refractivity (Wildman–Crippen MR) is 99.6 cm³/mol. The Morgan fingerprint density at radius 3 is 2.38 bits per heavy atom. The summed E-state index contributed by atoms with van der Waals surface area (Å²) >= 11 is 0. The molecule has 1 heterocycles. The molecular formula is C19H23N3O4. The van der Waals surface area contributed by atoms with Crippen LogP contribution in [0.1, 0.15) is 36.9 Å². The third-order valence-electron chi connectivity index (χ3n) is 3.67. The second-order valence-electron chi connectivity index (χ2n) is 5.41. The minimum absolute atomic E-state index is 0.241. The molecule has 1 aromatic carbocycles. The molecule has 2 aromatic rings. The fraction of sp³-hybridized carbons (Fsp3) is 0.368. The van der Waals surface area contributed by atoms with Crippen LogP contribution in [0.25, 0.3) is 12.2 Å². The number of hydrogen-bond acceptors (Lipinski definition) is 7. The number of oxazole rings is 1. The van der Waals surface area contributed by atoms with Gasteiger partial charge in [0.2, 0.25) is 23.2 Å². The Hall–Kier alpha value is -3.14. The van der Waals surface area contributed by atoms with Crippen molar-refractivity contribution in [3.63, 3.8) is 0 Å². The van der Waals surface area contributed by atoms with E-state index in [4.69, 9.17) is 18.6 Å². The normalized spacial score (nSPS) is 10.6. The van der Waals surface area contributed by atoms with Crippen molar-refractivity contribution >= 4 is 18.0 Å². The van der Waals surface area contributed by atoms with Crippen LogP contribution in [0.15, 0.2) is 16.5 Å². The molecule has 0 radical (unpaired) electrons. The highest BCUT2D eigenvalue weighted by molar-refractivity contribution is 5.71. The van der Waals surface area contributed by atoms with Crippen molar-refractivity contribution in [1.82, 2.24) is 4.98 Å². The van der Waals surface area contributed by atoms with E-state index in [1.165, 1.54) is 0 Å². The molecule has 0 aliphatic carbocycles. The van der Waals surface area contributed by atoms with E-state index in [1.807, 2.05) is 18.2 Å². The summed E-state index contributed by atoms with van der Waals surface area (Å²) in [5.74, 6) is 2.37. The van der Waals surface area contributed by atoms with Crippen molar-refractivity contribution in [2.75, 3.05) is 33.2 Å². The lowest BCUT2D eigenvalue weighted by atomic mass is 10.1. The van der Waals surface area contributed by atoms with Crippen molar-refractivity contribution in [2.45, 2.75) is 19.8 Å². The lowest BCUT2D eigenvalue weighted by molar-refractivity contribution is 0.324. The maximum atomic E-state index is 9.18. The Labute approximate surface area is 153 Å². The van der Waals surface area contributed by atoms with Gasteiger partial charge in [-0.05, 0) is 30.2 Å². The molecule has 0 fully saturated rings. The van der Waals surface area contributed by atoms with Gasteiger partial charge in [0, 0.05) is 12.6 Å². The first-order chi connectivity index (χ1) is 12.7. The number of benzene rings is 1. The molecule has 0 unspecified atom stereocenters. The van der Waals surface area contributed by atoms with Gasteiger partial charge < -0.3 is 23.9 Å². The van der Waals surface area contributed by atoms with Crippen molar-refractivity contribution in [3.8, 4) is 23.3 Å². The summed E-state index contributed by atoms with van der Waals surface area (Å²) in [4.78, 5) is 4.18. The van der Waals surface area contributed by atoms with Crippen LogP contribution in [-0.4, -0.2) is 32.9 Å². The second-order valence-corrected chi connectivity index (χ2v) is 5.41. The van der Waals surface area contributed by atoms with Gasteiger partial charge in [-0.3, -0.25) is 0 Å². The number of methoxy groups -OCH3 is 3. The zero-order chi connectivity index (χ0) is 18.9. The topological polar surface area (TPSA) is 89.5 Å². The number of nitrogens with zero attached hydrogens (tertiary/aromatic N) is 2. The zero-order valence-electron chi connectivity index (χ0n) is 15.5. The lowest BCUT2D eigenvalue weighted by Gasteiger charge is -2.12. The van der Waals surface area contributed by atoms with Crippen LogP contribution in [-0.2, 0) is 0 Å². The summed E-state index contributed by atoms with van der Waals surface area (Å²) in [5, 5.41) is 12.3. The SMILES string of the molecule is CCCCNc1oc(/C=C/c2cc(OC)c(OC)c(OC)c2)nc1C#N. The molecule has 7 nitrogen and oxygen atoms in total. The smallest absolute Gasteiger partial charge is 0.232 e. The molecule has 0 spiro atoms. The summed E-state index contributed by atoms with van der Waals surface area (Å²) in [6.07, 6.45) is 5.53. The number of rotatable bonds is 9. The average molecular weight is 357 g/mol. The number of aromatic nitrogens is 1. The minimum atomic E-state index is 0.241. The number of anilines is 1. The van der Waals surface area contributed by atoms with Crippen LogP contribution in [0, 0.1) is 11.3 Å². The molecule has 138 valence electrons. The van der Waals surface area contributed by atoms with Crippen molar-refractivity contribution < 1.29 is 18.6 Å². The first kappa shape index (κ1) is 19.2. The van der Waals surface area contributed by atoms with Crippen LogP contribution in [0.3, 0.4) is 0 Å². The number of nitriles is 1. The van der Waals surface area contributed by atoms with Gasteiger partial charge in [-0.2, -0.15) is 10.2 Å². The molecule has 1 aromatic heterocycles. The van der Waals surface area contributed by atoms with Crippen molar-refractivity contribution in [1.29, 1.82) is 5.26 Å². The van der Waals surface area contributed by atoms with E-state index in [1.54, 1.807) is 33.5 Å². The van der Waals surface area contributed by atoms with E-state index in [9.17, 15) is 5.26 Å². The van der Waals surface area contributed by atoms with Gasteiger partial charge >= 0.3 is 0 Å². The molecule has 2 rings (SSSR count). The molecule has 0 saturated carbocycles. The first-order valence-electron chi connectivity index (χ1n) is 8.29. The standard InChI is InChI=1S/C19H23N3O4/c1-5-6-9-21-19-14(12-20)22-17(26-19)8-7-13-10-15(23-2)18(25-4)16(11-13)24-3/h7-8,10-11,21H,5-6,9H2,1-4H3/b8-7+. The van der Waals surface area contributed by atoms with Crippen LogP contribution in [0.4, 0.5) is 5.88 Å². The number of unbranched alkanes of at least 4 members (excludes halogenated alkanes) is 1. The van der Waals surface area contributed by atoms with E-state index >= 15 is 0 Å². The van der Waals surface area contributed by atoms with Gasteiger partial charge in [-0.15, -0.1) is 0 Å². The van der Waals surface area contributed by atoms with Crippen LogP contribution in [0.5, 0.6) is 17.2 Å². The fourth-order valence-electron chi connectivity index (χ4n) is 2.35. The molecule has 0 atom stereocenters. The summed E-state index contributed by atoms with van der Waals surface area (Å²) in [7, 11) is 4.68. The maximum absolute atomic E-state index is 9.18. The number of nitrogens with one attached hydrogen (secondary N) is 1. The summed E-state index contributed by atoms with van der Waals surface area (Å²) in [5.41, 5.74) is 1.06. The molecular weight excluding hydrogens is 334 g/mol. The molecule has 7 heteroatoms. The van der Waals surface area contributed by atoms with Crippen LogP contribution >= 0.6 is 0 Å². The fourth-order valence-corrected chi connectivity index (χ4v) is 2.35. The molecule has 0 bridgehead atoms. The van der Waals surface area contributed by atoms with Gasteiger partial charge in [0.15, 0.2) is 11.5 Å². The maximum Gasteiger partial charge on any atom is 0.232 e. The van der Waals surface area contributed by atoms with Gasteiger partial charge in [-0.1, -0.05) is 13.3 Å². The Kier molecular flexibility index (Phi) is 6.92. The second kappa shape index (κ2) is 9.37. The van der Waals surface area contributed by atoms with E-state index in [0.29, 0.717) is 29.0 Å². The molecule has 26 heavy (non-hydrogen) atoms. The molecule has 0 amide bonds. The average Bonchev–Trinajstić information content (AvgIpc) is 3.07. The Morgan fingerprint density at radius 2 is 1.85 bits per heavy atom. The van der Waals surface area contributed by atoms with E-state index in [0.717, 1.165) is 24.9 Å². The zero-order valence-corrected chi connectivity index (χ0v) is 15.5. The third kappa shape index (κ3) is 4.48. The number of hydrogen-bond donors (Lipinski definition) is 1. The van der Waals surface area contributed by atoms with Crippen molar-refractivity contribution in [3.05, 3.63) is 29.3 Å². The van der Waals surface area contributed by atoms with Crippen LogP contribution in [0.2, 0.25) is 0 Å². The molecule has 0 aliphatic heterocycles. The first-order valence-corrected chi connectivity index (χ1v) is 8.29. The Bertz CT molecular complexity index is 781. The molecule has 1 N–H and O–H groups in total. The van der Waals surface area contributed by atoms with Crippen molar-refractivity contribution in [2.24, 2.45) is 0 Å². The van der Waals surface area contributed by atoms with E-state index in [2.05, 4.69) is 17.2 Å². The summed E-state index contributed by atoms with van der Waals surface area (Å²) < 4.78 is 21.6. The highest BCUT2D eigenvalue weighted by Gasteiger charge is 2.13. The Balaban J connectivity index is 2.25. The molecule has 0 aliphatic rings. The van der Waals surface area contributed by atoms with Gasteiger partial charge in [0.1, 0.15) is 6.07 Å². The summed E-state index contributed by atoms with van der Waals surface area (Å²) in [6.45, 7) is 2.83. The monoisotopic (exact) mass is 357 g/mol. The number of ether oxygens (including phenoxy) is 3. The van der Waals surface area contributed by atoms with Crippen LogP contribution < -0.4 is 19.5 Å². The lowest BCUT2D eigenvalue weighted by Crippen LogP contribution is -2.00. The van der Waals surface area contributed by atoms with E-state index in [-0.39, 0.29) is 5.69 Å². The third-order valence-corrected chi connectivity index (χ3v) is 3.67. The quantitative estimate of drug-likeness (QED) is 0.679. The highest BCUT2D eigenvalue weighted by atomic mass is 16.5. The highest BCUT2D eigenvalue weighted by Crippen LogP contribution is 2.38. The van der Waals surface area contributed by atoms with Gasteiger partial charge in [0.25, 0.3) is 0 Å². The minimum Gasteiger partial charge on any atom is -0.493 e. The Morgan fingerprint density at radius 1 is 1.15 bits per heavy atom. The molecule has 0 saturated heterocycles. The van der Waals surface area contributed by atoms with Gasteiger partial charge in [-0.25, -0.2) is 0 Å². The largest absolute Gasteiger partial charge is 0.493 e. The summed E-state index contributed by atoms with van der Waals surface area (Å²) in [6, 6.07) is 5.66.